The monoisotopic (exact) mass is 416 g/mol. The van der Waals surface area contributed by atoms with Crippen LogP contribution in [0, 0.1) is 0 Å². The molecule has 2 aromatic rings. The summed E-state index contributed by atoms with van der Waals surface area (Å²) in [6, 6.07) is 14.0. The summed E-state index contributed by atoms with van der Waals surface area (Å²) in [7, 11) is 0. The molecule has 6 nitrogen and oxygen atoms in total. The van der Waals surface area contributed by atoms with Crippen LogP contribution >= 0.6 is 11.6 Å². The molecule has 2 amide bonds. The minimum atomic E-state index is -0.574. The highest BCUT2D eigenvalue weighted by Crippen LogP contribution is 2.22. The van der Waals surface area contributed by atoms with E-state index < -0.39 is 18.5 Å². The van der Waals surface area contributed by atoms with Crippen LogP contribution in [0.1, 0.15) is 43.1 Å². The molecule has 0 spiro atoms. The van der Waals surface area contributed by atoms with Crippen molar-refractivity contribution in [1.29, 1.82) is 0 Å². The topological polar surface area (TPSA) is 84.5 Å². The maximum atomic E-state index is 12.1. The third kappa shape index (κ3) is 7.58. The molecule has 0 atom stereocenters. The molecule has 2 aromatic carbocycles. The number of hydrogen-bond donors (Lipinski definition) is 2. The summed E-state index contributed by atoms with van der Waals surface area (Å²) in [6.07, 6.45) is -0.0315. The van der Waals surface area contributed by atoms with Crippen LogP contribution in [-0.2, 0) is 19.7 Å². The van der Waals surface area contributed by atoms with Gasteiger partial charge < -0.3 is 15.4 Å². The van der Waals surface area contributed by atoms with Gasteiger partial charge in [-0.2, -0.15) is 0 Å². The van der Waals surface area contributed by atoms with Crippen molar-refractivity contribution >= 4 is 35.1 Å². The standard InChI is InChI=1S/C22H25ClN2O4/c1-22(2,3)16-9-7-15(8-10-16)21(28)24-12-11-20(27)29-14-19(26)25-18-6-4-5-17(23)13-18/h4-10,13H,11-12,14H2,1-3H3,(H,24,28)(H,25,26). The van der Waals surface area contributed by atoms with Crippen LogP contribution in [0.3, 0.4) is 0 Å². The third-order valence-electron chi connectivity index (χ3n) is 4.10. The predicted molar refractivity (Wildman–Crippen MR) is 113 cm³/mol. The SMILES string of the molecule is CC(C)(C)c1ccc(C(=O)NCCC(=O)OCC(=O)Nc2cccc(Cl)c2)cc1. The van der Waals surface area contributed by atoms with Crippen LogP contribution in [0.2, 0.25) is 5.02 Å². The zero-order valence-corrected chi connectivity index (χ0v) is 17.5. The average molecular weight is 417 g/mol. The average Bonchev–Trinajstić information content (AvgIpc) is 2.66. The van der Waals surface area contributed by atoms with Crippen molar-refractivity contribution in [3.63, 3.8) is 0 Å². The lowest BCUT2D eigenvalue weighted by atomic mass is 9.87. The van der Waals surface area contributed by atoms with Crippen LogP contribution in [-0.4, -0.2) is 30.9 Å². The zero-order chi connectivity index (χ0) is 21.4. The molecule has 0 bridgehead atoms. The Bertz CT molecular complexity index is 873. The van der Waals surface area contributed by atoms with E-state index in [1.54, 1.807) is 36.4 Å². The number of benzene rings is 2. The second-order valence-corrected chi connectivity index (χ2v) is 7.99. The maximum absolute atomic E-state index is 12.1. The highest BCUT2D eigenvalue weighted by atomic mass is 35.5. The van der Waals surface area contributed by atoms with Gasteiger partial charge >= 0.3 is 5.97 Å². The zero-order valence-electron chi connectivity index (χ0n) is 16.8. The van der Waals surface area contributed by atoms with E-state index >= 15 is 0 Å². The second kappa shape index (κ2) is 10.1. The quantitative estimate of drug-likeness (QED) is 0.669. The number of esters is 1. The molecule has 0 heterocycles. The van der Waals surface area contributed by atoms with Crippen molar-refractivity contribution in [3.05, 3.63) is 64.7 Å². The smallest absolute Gasteiger partial charge is 0.308 e. The van der Waals surface area contributed by atoms with E-state index in [1.807, 2.05) is 12.1 Å². The third-order valence-corrected chi connectivity index (χ3v) is 4.34. The number of amides is 2. The van der Waals surface area contributed by atoms with Gasteiger partial charge in [-0.3, -0.25) is 14.4 Å². The normalized spacial score (nSPS) is 10.9. The highest BCUT2D eigenvalue weighted by molar-refractivity contribution is 6.30. The van der Waals surface area contributed by atoms with Crippen molar-refractivity contribution in [1.82, 2.24) is 5.32 Å². The molecule has 2 N–H and O–H groups in total. The van der Waals surface area contributed by atoms with E-state index in [2.05, 4.69) is 31.4 Å². The Balaban J connectivity index is 1.69. The molecule has 0 unspecified atom stereocenters. The first-order valence-corrected chi connectivity index (χ1v) is 9.63. The van der Waals surface area contributed by atoms with Crippen molar-refractivity contribution in [2.75, 3.05) is 18.5 Å². The van der Waals surface area contributed by atoms with Crippen LogP contribution in [0.25, 0.3) is 0 Å². The highest BCUT2D eigenvalue weighted by Gasteiger charge is 2.14. The number of halogens is 1. The molecule has 154 valence electrons. The lowest BCUT2D eigenvalue weighted by Crippen LogP contribution is -2.27. The molecule has 0 saturated carbocycles. The number of carbonyl (C=O) groups is 3. The van der Waals surface area contributed by atoms with Gasteiger partial charge in [0.2, 0.25) is 0 Å². The van der Waals surface area contributed by atoms with Gasteiger partial charge in [-0.15, -0.1) is 0 Å². The van der Waals surface area contributed by atoms with Gasteiger partial charge in [0, 0.05) is 22.8 Å². The molecule has 0 fully saturated rings. The molecule has 0 aliphatic carbocycles. The molecule has 0 aromatic heterocycles. The lowest BCUT2D eigenvalue weighted by molar-refractivity contribution is -0.147. The fourth-order valence-electron chi connectivity index (χ4n) is 2.48. The van der Waals surface area contributed by atoms with Crippen LogP contribution in [0.5, 0.6) is 0 Å². The first-order chi connectivity index (χ1) is 13.6. The molecule has 0 aliphatic rings. The summed E-state index contributed by atoms with van der Waals surface area (Å²) in [5.41, 5.74) is 2.18. The predicted octanol–water partition coefficient (Wildman–Crippen LogP) is 3.94. The van der Waals surface area contributed by atoms with Gasteiger partial charge in [-0.1, -0.05) is 50.6 Å². The number of ether oxygens (including phenoxy) is 1. The van der Waals surface area contributed by atoms with Crippen molar-refractivity contribution < 1.29 is 19.1 Å². The Morgan fingerprint density at radius 2 is 1.72 bits per heavy atom. The Labute approximate surface area is 175 Å². The summed E-state index contributed by atoms with van der Waals surface area (Å²) in [4.78, 5) is 35.7. The Kier molecular flexibility index (Phi) is 7.79. The Morgan fingerprint density at radius 1 is 1.03 bits per heavy atom. The van der Waals surface area contributed by atoms with Gasteiger partial charge in [-0.05, 0) is 41.3 Å². The minimum absolute atomic E-state index is 0.0117. The van der Waals surface area contributed by atoms with E-state index in [1.165, 1.54) is 0 Å². The van der Waals surface area contributed by atoms with E-state index in [4.69, 9.17) is 16.3 Å². The second-order valence-electron chi connectivity index (χ2n) is 7.55. The van der Waals surface area contributed by atoms with Gasteiger partial charge in [0.1, 0.15) is 0 Å². The summed E-state index contributed by atoms with van der Waals surface area (Å²) in [5, 5.41) is 5.73. The van der Waals surface area contributed by atoms with E-state index in [0.29, 0.717) is 16.3 Å². The van der Waals surface area contributed by atoms with Crippen LogP contribution < -0.4 is 10.6 Å². The first kappa shape index (κ1) is 22.4. The number of rotatable bonds is 7. The minimum Gasteiger partial charge on any atom is -0.456 e. The number of hydrogen-bond acceptors (Lipinski definition) is 4. The Morgan fingerprint density at radius 3 is 2.34 bits per heavy atom. The fraction of sp³-hybridized carbons (Fsp3) is 0.318. The van der Waals surface area contributed by atoms with Crippen molar-refractivity contribution in [2.45, 2.75) is 32.6 Å². The van der Waals surface area contributed by atoms with Gasteiger partial charge in [0.15, 0.2) is 6.61 Å². The number of anilines is 1. The van der Waals surface area contributed by atoms with E-state index in [-0.39, 0.29) is 24.3 Å². The van der Waals surface area contributed by atoms with E-state index in [9.17, 15) is 14.4 Å². The van der Waals surface area contributed by atoms with Gasteiger partial charge in [0.25, 0.3) is 11.8 Å². The number of nitrogens with one attached hydrogen (secondary N) is 2. The lowest BCUT2D eigenvalue weighted by Gasteiger charge is -2.19. The molecule has 0 saturated heterocycles. The summed E-state index contributed by atoms with van der Waals surface area (Å²) in [5.74, 6) is -1.31. The molecular weight excluding hydrogens is 392 g/mol. The number of carbonyl (C=O) groups excluding carboxylic acids is 3. The molecule has 0 radical (unpaired) electrons. The van der Waals surface area contributed by atoms with Crippen LogP contribution in [0.15, 0.2) is 48.5 Å². The first-order valence-electron chi connectivity index (χ1n) is 9.25. The largest absolute Gasteiger partial charge is 0.456 e. The summed E-state index contributed by atoms with van der Waals surface area (Å²) < 4.78 is 4.91. The summed E-state index contributed by atoms with van der Waals surface area (Å²) >= 11 is 5.84. The van der Waals surface area contributed by atoms with Crippen molar-refractivity contribution in [3.8, 4) is 0 Å². The molecule has 7 heteroatoms. The molecule has 2 rings (SSSR count). The van der Waals surface area contributed by atoms with Crippen LogP contribution in [0.4, 0.5) is 5.69 Å². The van der Waals surface area contributed by atoms with Crippen molar-refractivity contribution in [2.24, 2.45) is 0 Å². The molecule has 0 aliphatic heterocycles. The van der Waals surface area contributed by atoms with Gasteiger partial charge in [0.05, 0.1) is 6.42 Å². The molecular formula is C22H25ClN2O4. The molecule has 29 heavy (non-hydrogen) atoms. The van der Waals surface area contributed by atoms with E-state index in [0.717, 1.165) is 5.56 Å². The summed E-state index contributed by atoms with van der Waals surface area (Å²) in [6.45, 7) is 6.01. The fourth-order valence-corrected chi connectivity index (χ4v) is 2.67. The van der Waals surface area contributed by atoms with Gasteiger partial charge in [-0.25, -0.2) is 0 Å². The Hall–Kier alpha value is -2.86. The maximum Gasteiger partial charge on any atom is 0.308 e.